The van der Waals surface area contributed by atoms with Crippen LogP contribution >= 0.6 is 0 Å². The lowest BCUT2D eigenvalue weighted by molar-refractivity contribution is -0.160. The maximum Gasteiger partial charge on any atom is 0.410 e. The van der Waals surface area contributed by atoms with Crippen molar-refractivity contribution in [2.24, 2.45) is 10.8 Å². The van der Waals surface area contributed by atoms with E-state index in [2.05, 4.69) is 6.58 Å². The largest absolute Gasteiger partial charge is 0.466 e. The predicted molar refractivity (Wildman–Crippen MR) is 158 cm³/mol. The van der Waals surface area contributed by atoms with Gasteiger partial charge in [-0.3, -0.25) is 9.59 Å². The summed E-state index contributed by atoms with van der Waals surface area (Å²) in [6.07, 6.45) is 4.51. The van der Waals surface area contributed by atoms with Crippen LogP contribution in [-0.2, 0) is 33.3 Å². The molecule has 11 heteroatoms. The van der Waals surface area contributed by atoms with Gasteiger partial charge in [-0.1, -0.05) is 6.08 Å². The molecular weight excluding hydrogens is 544 g/mol. The van der Waals surface area contributed by atoms with E-state index < -0.39 is 22.0 Å². The van der Waals surface area contributed by atoms with E-state index in [0.29, 0.717) is 64.9 Å². The molecule has 0 spiro atoms. The van der Waals surface area contributed by atoms with Crippen molar-refractivity contribution in [1.29, 1.82) is 0 Å². The number of piperidine rings is 2. The molecule has 2 rings (SSSR count). The smallest absolute Gasteiger partial charge is 0.410 e. The van der Waals surface area contributed by atoms with E-state index in [1.165, 1.54) is 0 Å². The van der Waals surface area contributed by atoms with E-state index in [-0.39, 0.29) is 37.2 Å². The molecule has 0 radical (unpaired) electrons. The molecule has 0 unspecified atom stereocenters. The van der Waals surface area contributed by atoms with Crippen molar-refractivity contribution in [1.82, 2.24) is 9.80 Å². The lowest BCUT2D eigenvalue weighted by atomic mass is 9.75. The fraction of sp³-hybridized carbons (Fsp3) is 0.774. The number of rotatable bonds is 8. The van der Waals surface area contributed by atoms with E-state index >= 15 is 0 Å². The Morgan fingerprint density at radius 3 is 1.29 bits per heavy atom. The summed E-state index contributed by atoms with van der Waals surface area (Å²) in [7, 11) is 0. The Labute approximate surface area is 251 Å². The number of ether oxygens (including phenoxy) is 4. The van der Waals surface area contributed by atoms with Gasteiger partial charge in [0, 0.05) is 32.6 Å². The molecule has 2 heterocycles. The van der Waals surface area contributed by atoms with Gasteiger partial charge >= 0.3 is 24.1 Å². The molecule has 0 aliphatic carbocycles. The number of carbonyl (C=O) groups is 5. The van der Waals surface area contributed by atoms with Crippen LogP contribution in [0.1, 0.15) is 93.9 Å². The van der Waals surface area contributed by atoms with Crippen LogP contribution in [-0.4, -0.2) is 90.8 Å². The number of amides is 2. The number of hydrogen-bond acceptors (Lipinski definition) is 9. The molecule has 42 heavy (non-hydrogen) atoms. The number of aldehydes is 1. The normalized spacial score (nSPS) is 18.0. The predicted octanol–water partition coefficient (Wildman–Crippen LogP) is 5.30. The van der Waals surface area contributed by atoms with Gasteiger partial charge in [0.25, 0.3) is 0 Å². The van der Waals surface area contributed by atoms with E-state index in [4.69, 9.17) is 18.9 Å². The lowest BCUT2D eigenvalue weighted by Crippen LogP contribution is -2.48. The van der Waals surface area contributed by atoms with Crippen LogP contribution in [0.15, 0.2) is 12.7 Å². The summed E-state index contributed by atoms with van der Waals surface area (Å²) in [6.45, 7) is 20.7. The SMILES string of the molecule is C=CCC1(C(=O)OCC)CCN(C(=O)OC(C)(C)C)CC1.CCOC(=O)C1(CC=O)CCN(C(=O)OC(C)(C)C)CC1. The van der Waals surface area contributed by atoms with Crippen LogP contribution in [0.2, 0.25) is 0 Å². The minimum absolute atomic E-state index is 0.133. The van der Waals surface area contributed by atoms with Gasteiger partial charge in [0.05, 0.1) is 24.0 Å². The highest BCUT2D eigenvalue weighted by atomic mass is 16.6. The number of esters is 2. The van der Waals surface area contributed by atoms with Gasteiger partial charge in [0.2, 0.25) is 0 Å². The van der Waals surface area contributed by atoms with Crippen molar-refractivity contribution >= 4 is 30.4 Å². The van der Waals surface area contributed by atoms with Crippen LogP contribution in [0.5, 0.6) is 0 Å². The fourth-order valence-electron chi connectivity index (χ4n) is 4.87. The summed E-state index contributed by atoms with van der Waals surface area (Å²) in [4.78, 5) is 62.5. The number of nitrogens with zero attached hydrogens (tertiary/aromatic N) is 2. The Kier molecular flexibility index (Phi) is 14.0. The number of hydrogen-bond donors (Lipinski definition) is 0. The van der Waals surface area contributed by atoms with Crippen molar-refractivity contribution in [2.75, 3.05) is 39.4 Å². The van der Waals surface area contributed by atoms with Gasteiger partial charge in [-0.05, 0) is 87.5 Å². The van der Waals surface area contributed by atoms with Gasteiger partial charge in [-0.2, -0.15) is 0 Å². The first-order valence-electron chi connectivity index (χ1n) is 14.8. The molecule has 0 aromatic heterocycles. The van der Waals surface area contributed by atoms with Gasteiger partial charge in [0.1, 0.15) is 17.5 Å². The van der Waals surface area contributed by atoms with Crippen LogP contribution in [0, 0.1) is 10.8 Å². The molecule has 0 bridgehead atoms. The van der Waals surface area contributed by atoms with Crippen molar-refractivity contribution < 1.29 is 42.9 Å². The van der Waals surface area contributed by atoms with Crippen molar-refractivity contribution in [2.45, 2.75) is 105 Å². The molecular formula is C31H52N2O9. The Hall–Kier alpha value is -3.11. The summed E-state index contributed by atoms with van der Waals surface area (Å²) < 4.78 is 21.0. The molecule has 2 saturated heterocycles. The van der Waals surface area contributed by atoms with Crippen LogP contribution in [0.4, 0.5) is 9.59 Å². The quantitative estimate of drug-likeness (QED) is 0.159. The molecule has 0 aromatic rings. The Morgan fingerprint density at radius 2 is 1.02 bits per heavy atom. The van der Waals surface area contributed by atoms with Crippen LogP contribution in [0.25, 0.3) is 0 Å². The first-order chi connectivity index (χ1) is 19.5. The fourth-order valence-corrected chi connectivity index (χ4v) is 4.87. The van der Waals surface area contributed by atoms with Crippen molar-refractivity contribution in [3.05, 3.63) is 12.7 Å². The molecule has 2 amide bonds. The van der Waals surface area contributed by atoms with Gasteiger partial charge in [-0.15, -0.1) is 6.58 Å². The second-order valence-corrected chi connectivity index (χ2v) is 12.8. The third-order valence-electron chi connectivity index (χ3n) is 7.17. The molecule has 0 saturated carbocycles. The van der Waals surface area contributed by atoms with E-state index in [9.17, 15) is 24.0 Å². The Balaban J connectivity index is 0.000000420. The zero-order chi connectivity index (χ0) is 32.2. The standard InChI is InChI=1S/C16H27NO4.C15H25NO5/c1-6-8-16(13(18)20-7-2)9-11-17(12-10-16)14(19)21-15(3,4)5;1-5-20-12(18)15(8-11-17)6-9-16(10-7-15)13(19)21-14(2,3)4/h6H,1,7-12H2,2-5H3;11H,5-10H2,1-4H3. The summed E-state index contributed by atoms with van der Waals surface area (Å²) in [5, 5.41) is 0. The van der Waals surface area contributed by atoms with Gasteiger partial charge < -0.3 is 33.5 Å². The summed E-state index contributed by atoms with van der Waals surface area (Å²) >= 11 is 0. The minimum atomic E-state index is -0.795. The number of likely N-dealkylation sites (tertiary alicyclic amines) is 2. The third kappa shape index (κ3) is 11.3. The summed E-state index contributed by atoms with van der Waals surface area (Å²) in [5.41, 5.74) is -2.39. The van der Waals surface area contributed by atoms with Crippen molar-refractivity contribution in [3.63, 3.8) is 0 Å². The van der Waals surface area contributed by atoms with Gasteiger partial charge in [0.15, 0.2) is 0 Å². The molecule has 11 nitrogen and oxygen atoms in total. The Bertz CT molecular complexity index is 857. The minimum Gasteiger partial charge on any atom is -0.466 e. The topological polar surface area (TPSA) is 129 Å². The summed E-state index contributed by atoms with van der Waals surface area (Å²) in [6, 6.07) is 0. The molecule has 240 valence electrons. The maximum absolute atomic E-state index is 12.2. The monoisotopic (exact) mass is 596 g/mol. The molecule has 2 fully saturated rings. The average Bonchev–Trinajstić information content (AvgIpc) is 2.88. The first kappa shape index (κ1) is 36.9. The van der Waals surface area contributed by atoms with E-state index in [1.807, 2.05) is 41.5 Å². The molecule has 2 aliphatic heterocycles. The van der Waals surface area contributed by atoms with E-state index in [1.54, 1.807) is 29.7 Å². The molecule has 2 aliphatic rings. The van der Waals surface area contributed by atoms with Crippen LogP contribution in [0.3, 0.4) is 0 Å². The number of carbonyl (C=O) groups excluding carboxylic acids is 5. The van der Waals surface area contributed by atoms with Crippen LogP contribution < -0.4 is 0 Å². The highest BCUT2D eigenvalue weighted by Crippen LogP contribution is 2.38. The zero-order valence-corrected chi connectivity index (χ0v) is 26.9. The third-order valence-corrected chi connectivity index (χ3v) is 7.17. The maximum atomic E-state index is 12.2. The lowest BCUT2D eigenvalue weighted by Gasteiger charge is -2.39. The highest BCUT2D eigenvalue weighted by Gasteiger charge is 2.44. The molecule has 0 N–H and O–H groups in total. The first-order valence-corrected chi connectivity index (χ1v) is 14.8. The zero-order valence-electron chi connectivity index (χ0n) is 26.9. The van der Waals surface area contributed by atoms with Gasteiger partial charge in [-0.25, -0.2) is 9.59 Å². The average molecular weight is 597 g/mol. The van der Waals surface area contributed by atoms with E-state index in [0.717, 1.165) is 6.29 Å². The number of allylic oxidation sites excluding steroid dienone is 1. The molecule has 0 aromatic carbocycles. The highest BCUT2D eigenvalue weighted by molar-refractivity contribution is 5.80. The summed E-state index contributed by atoms with van der Waals surface area (Å²) in [5.74, 6) is -0.533. The molecule has 0 atom stereocenters. The Morgan fingerprint density at radius 1 is 0.690 bits per heavy atom. The second kappa shape index (κ2) is 15.9. The van der Waals surface area contributed by atoms with Crippen molar-refractivity contribution in [3.8, 4) is 0 Å². The second-order valence-electron chi connectivity index (χ2n) is 12.8.